The molecule has 0 atom stereocenters. The monoisotopic (exact) mass is 474 g/mol. The normalized spacial score (nSPS) is 10.6. The van der Waals surface area contributed by atoms with E-state index in [-0.39, 0.29) is 11.4 Å². The summed E-state index contributed by atoms with van der Waals surface area (Å²) >= 11 is 11.8. The van der Waals surface area contributed by atoms with E-state index in [1.807, 2.05) is 0 Å². The molecular formula is C20H16Cl2N6O4. The van der Waals surface area contributed by atoms with Gasteiger partial charge in [0.25, 0.3) is 11.4 Å². The fourth-order valence-electron chi connectivity index (χ4n) is 2.99. The minimum absolute atomic E-state index is 0.0226. The van der Waals surface area contributed by atoms with Crippen LogP contribution in [-0.4, -0.2) is 29.4 Å². The molecule has 0 fully saturated rings. The van der Waals surface area contributed by atoms with E-state index >= 15 is 0 Å². The Morgan fingerprint density at radius 1 is 0.812 bits per heavy atom. The SMILES string of the molecule is C=CCn1nc(Cl)c2ccc([N+](=O)[O-])cc21.C=CCn1nc(Cl)c2ccc([N+](=O)[O-])cc21. The first-order chi connectivity index (χ1) is 15.3. The van der Waals surface area contributed by atoms with Gasteiger partial charge in [-0.05, 0) is 12.1 Å². The summed E-state index contributed by atoms with van der Waals surface area (Å²) in [7, 11) is 0. The molecule has 10 nitrogen and oxygen atoms in total. The van der Waals surface area contributed by atoms with Crippen LogP contribution in [0.4, 0.5) is 11.4 Å². The van der Waals surface area contributed by atoms with Gasteiger partial charge in [-0.2, -0.15) is 10.2 Å². The van der Waals surface area contributed by atoms with E-state index in [9.17, 15) is 20.2 Å². The van der Waals surface area contributed by atoms with Crippen molar-refractivity contribution in [2.75, 3.05) is 0 Å². The second-order valence-electron chi connectivity index (χ2n) is 6.44. The van der Waals surface area contributed by atoms with Crippen LogP contribution in [0.5, 0.6) is 0 Å². The number of non-ortho nitro benzene ring substituents is 2. The average molecular weight is 475 g/mol. The molecule has 0 radical (unpaired) electrons. The van der Waals surface area contributed by atoms with Crippen molar-refractivity contribution in [1.82, 2.24) is 19.6 Å². The number of hydrogen-bond acceptors (Lipinski definition) is 6. The number of nitro benzene ring substituents is 2. The highest BCUT2D eigenvalue weighted by Crippen LogP contribution is 2.27. The molecule has 0 bridgehead atoms. The van der Waals surface area contributed by atoms with E-state index in [0.29, 0.717) is 45.2 Å². The van der Waals surface area contributed by atoms with Crippen LogP contribution in [0.1, 0.15) is 0 Å². The molecule has 0 saturated carbocycles. The summed E-state index contributed by atoms with van der Waals surface area (Å²) in [5.41, 5.74) is 1.32. The van der Waals surface area contributed by atoms with Crippen LogP contribution in [0, 0.1) is 20.2 Å². The van der Waals surface area contributed by atoms with E-state index in [1.54, 1.807) is 33.6 Å². The highest BCUT2D eigenvalue weighted by molar-refractivity contribution is 6.34. The Morgan fingerprint density at radius 2 is 1.19 bits per heavy atom. The summed E-state index contributed by atoms with van der Waals surface area (Å²) < 4.78 is 3.16. The Kier molecular flexibility index (Phi) is 6.86. The first kappa shape index (κ1) is 22.9. The van der Waals surface area contributed by atoms with Gasteiger partial charge in [0.2, 0.25) is 0 Å². The molecule has 164 valence electrons. The van der Waals surface area contributed by atoms with Crippen LogP contribution in [0.3, 0.4) is 0 Å². The van der Waals surface area contributed by atoms with Gasteiger partial charge in [0.1, 0.15) is 0 Å². The predicted octanol–water partition coefficient (Wildman–Crippen LogP) is 5.57. The molecule has 32 heavy (non-hydrogen) atoms. The number of aromatic nitrogens is 4. The van der Waals surface area contributed by atoms with Gasteiger partial charge in [0.05, 0.1) is 34.0 Å². The van der Waals surface area contributed by atoms with E-state index in [1.165, 1.54) is 24.3 Å². The number of benzene rings is 2. The lowest BCUT2D eigenvalue weighted by molar-refractivity contribution is -0.384. The number of allylic oxidation sites excluding steroid dienone is 2. The second-order valence-corrected chi connectivity index (χ2v) is 7.16. The fraction of sp³-hybridized carbons (Fsp3) is 0.100. The van der Waals surface area contributed by atoms with Crippen LogP contribution < -0.4 is 0 Å². The number of halogens is 2. The first-order valence-corrected chi connectivity index (χ1v) is 9.85. The average Bonchev–Trinajstić information content (AvgIpc) is 3.25. The highest BCUT2D eigenvalue weighted by Gasteiger charge is 2.14. The van der Waals surface area contributed by atoms with Gasteiger partial charge in [-0.3, -0.25) is 29.6 Å². The maximum atomic E-state index is 10.6. The first-order valence-electron chi connectivity index (χ1n) is 9.09. The maximum absolute atomic E-state index is 10.6. The van der Waals surface area contributed by atoms with E-state index in [0.717, 1.165) is 0 Å². The molecule has 2 aromatic carbocycles. The molecule has 0 N–H and O–H groups in total. The Hall–Kier alpha value is -3.76. The Labute approximate surface area is 191 Å². The number of fused-ring (bicyclic) bond motifs is 2. The summed E-state index contributed by atoms with van der Waals surface area (Å²) in [4.78, 5) is 20.4. The van der Waals surface area contributed by atoms with Crippen LogP contribution in [0.15, 0.2) is 61.7 Å². The number of hydrogen-bond donors (Lipinski definition) is 0. The minimum atomic E-state index is -0.446. The lowest BCUT2D eigenvalue weighted by atomic mass is 10.2. The van der Waals surface area contributed by atoms with Crippen molar-refractivity contribution in [3.8, 4) is 0 Å². The van der Waals surface area contributed by atoms with Crippen molar-refractivity contribution < 1.29 is 9.85 Å². The van der Waals surface area contributed by atoms with Gasteiger partial charge in [-0.15, -0.1) is 13.2 Å². The maximum Gasteiger partial charge on any atom is 0.271 e. The molecular weight excluding hydrogens is 459 g/mol. The number of rotatable bonds is 6. The van der Waals surface area contributed by atoms with E-state index in [4.69, 9.17) is 23.2 Å². The summed E-state index contributed by atoms with van der Waals surface area (Å²) in [6, 6.07) is 8.93. The predicted molar refractivity (Wildman–Crippen MR) is 123 cm³/mol. The topological polar surface area (TPSA) is 122 Å². The summed E-state index contributed by atoms with van der Waals surface area (Å²) in [5, 5.41) is 31.5. The third-order valence-electron chi connectivity index (χ3n) is 4.41. The van der Waals surface area contributed by atoms with Crippen molar-refractivity contribution in [2.24, 2.45) is 0 Å². The molecule has 0 aliphatic heterocycles. The third kappa shape index (κ3) is 4.61. The smallest absolute Gasteiger partial charge is 0.259 e. The van der Waals surface area contributed by atoms with Gasteiger partial charge in [0, 0.05) is 35.0 Å². The van der Waals surface area contributed by atoms with E-state index in [2.05, 4.69) is 23.4 Å². The molecule has 0 aliphatic rings. The second kappa shape index (κ2) is 9.58. The third-order valence-corrected chi connectivity index (χ3v) is 4.96. The quantitative estimate of drug-likeness (QED) is 0.204. The van der Waals surface area contributed by atoms with Gasteiger partial charge < -0.3 is 0 Å². The van der Waals surface area contributed by atoms with Crippen LogP contribution >= 0.6 is 23.2 Å². The van der Waals surface area contributed by atoms with Crippen molar-refractivity contribution in [3.63, 3.8) is 0 Å². The van der Waals surface area contributed by atoms with Crippen molar-refractivity contribution >= 4 is 56.4 Å². The zero-order valence-corrected chi connectivity index (χ0v) is 18.0. The van der Waals surface area contributed by atoms with Gasteiger partial charge in [0.15, 0.2) is 10.3 Å². The molecule has 4 rings (SSSR count). The molecule has 2 aromatic heterocycles. The molecule has 0 unspecified atom stereocenters. The van der Waals surface area contributed by atoms with Gasteiger partial charge >= 0.3 is 0 Å². The Balaban J connectivity index is 0.000000181. The Bertz CT molecular complexity index is 1260. The molecule has 0 amide bonds. The van der Waals surface area contributed by atoms with E-state index < -0.39 is 9.85 Å². The zero-order valence-electron chi connectivity index (χ0n) is 16.5. The fourth-order valence-corrected chi connectivity index (χ4v) is 3.50. The molecule has 0 saturated heterocycles. The lowest BCUT2D eigenvalue weighted by Crippen LogP contribution is -1.97. The zero-order chi connectivity index (χ0) is 23.4. The van der Waals surface area contributed by atoms with Crippen LogP contribution in [-0.2, 0) is 13.1 Å². The molecule has 0 spiro atoms. The molecule has 12 heteroatoms. The van der Waals surface area contributed by atoms with Crippen molar-refractivity contribution in [2.45, 2.75) is 13.1 Å². The molecule has 2 heterocycles. The largest absolute Gasteiger partial charge is 0.271 e. The van der Waals surface area contributed by atoms with Gasteiger partial charge in [-0.25, -0.2) is 0 Å². The Morgan fingerprint density at radius 3 is 1.50 bits per heavy atom. The van der Waals surface area contributed by atoms with Crippen molar-refractivity contribution in [3.05, 3.63) is 92.2 Å². The standard InChI is InChI=1S/2C10H8ClN3O2/c2*1-2-5-13-9-6-7(14(15)16)3-4-8(9)10(11)12-13/h2*2-4,6H,1,5H2. The van der Waals surface area contributed by atoms with Crippen LogP contribution in [0.2, 0.25) is 10.3 Å². The van der Waals surface area contributed by atoms with Gasteiger partial charge in [-0.1, -0.05) is 35.4 Å². The lowest BCUT2D eigenvalue weighted by Gasteiger charge is -1.97. The molecule has 0 aliphatic carbocycles. The number of nitro groups is 2. The highest BCUT2D eigenvalue weighted by atomic mass is 35.5. The summed E-state index contributed by atoms with van der Waals surface area (Å²) in [6.45, 7) is 8.11. The van der Waals surface area contributed by atoms with Crippen LogP contribution in [0.25, 0.3) is 21.8 Å². The number of nitrogens with zero attached hydrogens (tertiary/aromatic N) is 6. The van der Waals surface area contributed by atoms with Crippen molar-refractivity contribution in [1.29, 1.82) is 0 Å². The summed E-state index contributed by atoms with van der Waals surface area (Å²) in [6.07, 6.45) is 3.31. The summed E-state index contributed by atoms with van der Waals surface area (Å²) in [5.74, 6) is 0. The minimum Gasteiger partial charge on any atom is -0.259 e. The molecule has 4 aromatic rings.